The van der Waals surface area contributed by atoms with Crippen molar-refractivity contribution >= 4 is 34.8 Å². The van der Waals surface area contributed by atoms with Crippen LogP contribution in [0.15, 0.2) is 29.6 Å². The number of aliphatic carboxylic acids is 1. The third-order valence-corrected chi connectivity index (χ3v) is 5.09. The topological polar surface area (TPSA) is 70.5 Å². The monoisotopic (exact) mass is 350 g/mol. The quantitative estimate of drug-likeness (QED) is 0.921. The summed E-state index contributed by atoms with van der Waals surface area (Å²) in [6, 6.07) is 7.34. The fourth-order valence-corrected chi connectivity index (χ4v) is 3.77. The van der Waals surface area contributed by atoms with Crippen LogP contribution in [0.2, 0.25) is 5.02 Å². The van der Waals surface area contributed by atoms with Gasteiger partial charge in [0, 0.05) is 24.0 Å². The average molecular weight is 351 g/mol. The maximum Gasteiger partial charge on any atom is 0.308 e. The van der Waals surface area contributed by atoms with Gasteiger partial charge in [-0.3, -0.25) is 9.59 Å². The minimum atomic E-state index is -0.850. The average Bonchev–Trinajstić information content (AvgIpc) is 3.04. The Hall–Kier alpha value is -1.92. The number of benzene rings is 1. The van der Waals surface area contributed by atoms with Crippen molar-refractivity contribution in [2.24, 2.45) is 5.92 Å². The van der Waals surface area contributed by atoms with Crippen LogP contribution >= 0.6 is 22.9 Å². The Kier molecular flexibility index (Phi) is 4.63. The summed E-state index contributed by atoms with van der Waals surface area (Å²) in [5.41, 5.74) is 1.14. The molecule has 1 atom stereocenters. The van der Waals surface area contributed by atoms with Crippen molar-refractivity contribution in [1.29, 1.82) is 0 Å². The van der Waals surface area contributed by atoms with E-state index in [1.807, 2.05) is 18.2 Å². The maximum atomic E-state index is 12.5. The van der Waals surface area contributed by atoms with Gasteiger partial charge < -0.3 is 10.0 Å². The second-order valence-corrected chi connectivity index (χ2v) is 6.71. The van der Waals surface area contributed by atoms with Gasteiger partial charge in [0.15, 0.2) is 0 Å². The zero-order valence-corrected chi connectivity index (χ0v) is 13.8. The Labute approximate surface area is 142 Å². The molecule has 1 aromatic carbocycles. The van der Waals surface area contributed by atoms with E-state index in [1.165, 1.54) is 11.3 Å². The highest BCUT2D eigenvalue weighted by atomic mass is 35.5. The molecule has 2 heterocycles. The van der Waals surface area contributed by atoms with Gasteiger partial charge in [-0.1, -0.05) is 29.8 Å². The number of aromatic nitrogens is 1. The number of carboxylic acid groups (broad SMARTS) is 1. The highest BCUT2D eigenvalue weighted by Crippen LogP contribution is 2.30. The zero-order chi connectivity index (χ0) is 16.4. The summed E-state index contributed by atoms with van der Waals surface area (Å²) in [5.74, 6) is -1.56. The maximum absolute atomic E-state index is 12.5. The largest absolute Gasteiger partial charge is 0.481 e. The van der Waals surface area contributed by atoms with Gasteiger partial charge in [0.25, 0.3) is 5.91 Å². The van der Waals surface area contributed by atoms with Crippen LogP contribution in [0.4, 0.5) is 0 Å². The van der Waals surface area contributed by atoms with Gasteiger partial charge in [-0.2, -0.15) is 0 Å². The molecule has 0 bridgehead atoms. The molecule has 0 radical (unpaired) electrons. The minimum absolute atomic E-state index is 0.217. The predicted molar refractivity (Wildman–Crippen MR) is 88.8 cm³/mol. The Balaban J connectivity index is 1.79. The lowest BCUT2D eigenvalue weighted by Gasteiger charge is -2.30. The van der Waals surface area contributed by atoms with E-state index in [-0.39, 0.29) is 12.5 Å². The molecule has 7 heteroatoms. The van der Waals surface area contributed by atoms with E-state index in [0.29, 0.717) is 35.1 Å². The number of likely N-dealkylation sites (tertiary alicyclic amines) is 1. The Morgan fingerprint density at radius 2 is 2.13 bits per heavy atom. The molecule has 1 aliphatic heterocycles. The molecule has 0 spiro atoms. The first-order valence-electron chi connectivity index (χ1n) is 7.29. The standard InChI is InChI=1S/C16H15ClN2O3S/c17-12-6-2-1-5-11(12)14-18-13(9-23-14)15(20)19-7-3-4-10(8-19)16(21)22/h1-2,5-6,9-10H,3-4,7-8H2,(H,21,22). The number of piperidine rings is 1. The molecule has 1 N–H and O–H groups in total. The van der Waals surface area contributed by atoms with E-state index in [4.69, 9.17) is 16.7 Å². The zero-order valence-electron chi connectivity index (χ0n) is 12.2. The molecule has 3 rings (SSSR count). The van der Waals surface area contributed by atoms with Crippen LogP contribution in [-0.2, 0) is 4.79 Å². The van der Waals surface area contributed by atoms with E-state index in [9.17, 15) is 9.59 Å². The fraction of sp³-hybridized carbons (Fsp3) is 0.312. The van der Waals surface area contributed by atoms with Gasteiger partial charge >= 0.3 is 5.97 Å². The molecule has 5 nitrogen and oxygen atoms in total. The van der Waals surface area contributed by atoms with Gasteiger partial charge in [-0.25, -0.2) is 4.98 Å². The van der Waals surface area contributed by atoms with Crippen LogP contribution < -0.4 is 0 Å². The summed E-state index contributed by atoms with van der Waals surface area (Å²) in [4.78, 5) is 29.6. The molecular formula is C16H15ClN2O3S. The van der Waals surface area contributed by atoms with Crippen molar-refractivity contribution in [2.45, 2.75) is 12.8 Å². The molecule has 1 fully saturated rings. The van der Waals surface area contributed by atoms with E-state index >= 15 is 0 Å². The van der Waals surface area contributed by atoms with E-state index in [0.717, 1.165) is 5.56 Å². The molecule has 1 amide bonds. The van der Waals surface area contributed by atoms with Crippen molar-refractivity contribution in [3.05, 3.63) is 40.4 Å². The van der Waals surface area contributed by atoms with E-state index in [2.05, 4.69) is 4.98 Å². The number of amides is 1. The number of thiazole rings is 1. The van der Waals surface area contributed by atoms with Crippen molar-refractivity contribution in [3.63, 3.8) is 0 Å². The highest BCUT2D eigenvalue weighted by molar-refractivity contribution is 7.13. The third kappa shape index (κ3) is 3.38. The fourth-order valence-electron chi connectivity index (χ4n) is 2.66. The molecule has 1 unspecified atom stereocenters. The molecule has 0 aliphatic carbocycles. The summed E-state index contributed by atoms with van der Waals surface area (Å²) >= 11 is 7.51. The second kappa shape index (κ2) is 6.68. The Morgan fingerprint density at radius 3 is 2.87 bits per heavy atom. The summed E-state index contributed by atoms with van der Waals surface area (Å²) in [6.45, 7) is 0.814. The number of hydrogen-bond acceptors (Lipinski definition) is 4. The summed E-state index contributed by atoms with van der Waals surface area (Å²) in [5, 5.41) is 12.1. The minimum Gasteiger partial charge on any atom is -0.481 e. The van der Waals surface area contributed by atoms with E-state index in [1.54, 1.807) is 16.3 Å². The summed E-state index contributed by atoms with van der Waals surface area (Å²) in [6.07, 6.45) is 1.31. The van der Waals surface area contributed by atoms with Crippen LogP contribution in [0.1, 0.15) is 23.3 Å². The van der Waals surface area contributed by atoms with Crippen molar-refractivity contribution < 1.29 is 14.7 Å². The van der Waals surface area contributed by atoms with Crippen LogP contribution in [-0.4, -0.2) is 40.0 Å². The van der Waals surface area contributed by atoms with Crippen LogP contribution in [0.25, 0.3) is 10.6 Å². The van der Waals surface area contributed by atoms with Gasteiger partial charge in [-0.15, -0.1) is 11.3 Å². The molecule has 1 aromatic heterocycles. The SMILES string of the molecule is O=C(O)C1CCCN(C(=O)c2csc(-c3ccccc3Cl)n2)C1. The molecule has 0 saturated carbocycles. The summed E-state index contributed by atoms with van der Waals surface area (Å²) in [7, 11) is 0. The number of hydrogen-bond donors (Lipinski definition) is 1. The second-order valence-electron chi connectivity index (χ2n) is 5.45. The normalized spacial score (nSPS) is 18.0. The number of carbonyl (C=O) groups excluding carboxylic acids is 1. The van der Waals surface area contributed by atoms with Crippen LogP contribution in [0.5, 0.6) is 0 Å². The van der Waals surface area contributed by atoms with Crippen molar-refractivity contribution in [2.75, 3.05) is 13.1 Å². The van der Waals surface area contributed by atoms with E-state index < -0.39 is 11.9 Å². The molecule has 23 heavy (non-hydrogen) atoms. The third-order valence-electron chi connectivity index (χ3n) is 3.89. The number of nitrogens with zero attached hydrogens (tertiary/aromatic N) is 2. The van der Waals surface area contributed by atoms with Gasteiger partial charge in [-0.05, 0) is 18.9 Å². The smallest absolute Gasteiger partial charge is 0.308 e. The number of rotatable bonds is 3. The first-order valence-corrected chi connectivity index (χ1v) is 8.54. The molecule has 120 valence electrons. The molecule has 1 aliphatic rings. The molecular weight excluding hydrogens is 336 g/mol. The Morgan fingerprint density at radius 1 is 1.35 bits per heavy atom. The number of carbonyl (C=O) groups is 2. The first-order chi connectivity index (χ1) is 11.1. The first kappa shape index (κ1) is 16.0. The van der Waals surface area contributed by atoms with Crippen molar-refractivity contribution in [3.8, 4) is 10.6 Å². The van der Waals surface area contributed by atoms with Gasteiger partial charge in [0.05, 0.1) is 10.9 Å². The predicted octanol–water partition coefficient (Wildman–Crippen LogP) is 3.40. The van der Waals surface area contributed by atoms with Crippen LogP contribution in [0, 0.1) is 5.92 Å². The lowest BCUT2D eigenvalue weighted by Crippen LogP contribution is -2.42. The Bertz CT molecular complexity index is 746. The van der Waals surface area contributed by atoms with Gasteiger partial charge in [0.1, 0.15) is 10.7 Å². The highest BCUT2D eigenvalue weighted by Gasteiger charge is 2.29. The van der Waals surface area contributed by atoms with Crippen LogP contribution in [0.3, 0.4) is 0 Å². The van der Waals surface area contributed by atoms with Crippen molar-refractivity contribution in [1.82, 2.24) is 9.88 Å². The lowest BCUT2D eigenvalue weighted by atomic mass is 9.98. The number of halogens is 1. The summed E-state index contributed by atoms with van der Waals surface area (Å²) < 4.78 is 0. The lowest BCUT2D eigenvalue weighted by molar-refractivity contribution is -0.143. The molecule has 2 aromatic rings. The number of carboxylic acids is 1. The molecule has 1 saturated heterocycles. The van der Waals surface area contributed by atoms with Gasteiger partial charge in [0.2, 0.25) is 0 Å².